The summed E-state index contributed by atoms with van der Waals surface area (Å²) in [6.45, 7) is 4.53. The van der Waals surface area contributed by atoms with Crippen LogP contribution < -0.4 is 5.73 Å². The zero-order valence-electron chi connectivity index (χ0n) is 6.23. The quantitative estimate of drug-likeness (QED) is 0.618. The molecule has 3 heteroatoms. The van der Waals surface area contributed by atoms with Gasteiger partial charge < -0.3 is 10.8 Å². The fourth-order valence-corrected chi connectivity index (χ4v) is 0.550. The van der Waals surface area contributed by atoms with Gasteiger partial charge in [-0.05, 0) is 6.42 Å². The molecule has 0 fully saturated rings. The second-order valence-corrected chi connectivity index (χ2v) is 2.68. The van der Waals surface area contributed by atoms with Crippen molar-refractivity contribution in [2.45, 2.75) is 13.3 Å². The predicted octanol–water partition coefficient (Wildman–Crippen LogP) is 0.817. The van der Waals surface area contributed by atoms with Crippen LogP contribution in [0, 0.1) is 5.41 Å². The Balaban J connectivity index is 4.08. The third-order valence-electron chi connectivity index (χ3n) is 1.77. The molecular formula is C7H14FNO. The van der Waals surface area contributed by atoms with Crippen molar-refractivity contribution in [1.82, 2.24) is 0 Å². The Hall–Kier alpha value is -0.570. The van der Waals surface area contributed by atoms with Crippen molar-refractivity contribution in [3.05, 3.63) is 12.3 Å². The molecule has 0 rings (SSSR count). The maximum atomic E-state index is 11.8. The van der Waals surface area contributed by atoms with Crippen LogP contribution in [0.2, 0.25) is 0 Å². The fourth-order valence-electron chi connectivity index (χ4n) is 0.550. The van der Waals surface area contributed by atoms with Crippen molar-refractivity contribution in [3.8, 4) is 0 Å². The minimum Gasteiger partial charge on any atom is -0.402 e. The van der Waals surface area contributed by atoms with E-state index in [4.69, 9.17) is 10.8 Å². The standard InChI is InChI=1S/C7H14FNO/c1-6(9)7(2,5-10)3-4-8/h10H,1,3-5,9H2,2H3. The highest BCUT2D eigenvalue weighted by Gasteiger charge is 2.24. The van der Waals surface area contributed by atoms with E-state index in [9.17, 15) is 4.39 Å². The molecule has 0 aromatic carbocycles. The van der Waals surface area contributed by atoms with Crippen LogP contribution in [0.25, 0.3) is 0 Å². The van der Waals surface area contributed by atoms with Crippen molar-refractivity contribution in [3.63, 3.8) is 0 Å². The Kier molecular flexibility index (Phi) is 3.36. The number of hydrogen-bond acceptors (Lipinski definition) is 2. The van der Waals surface area contributed by atoms with Crippen molar-refractivity contribution in [1.29, 1.82) is 0 Å². The summed E-state index contributed by atoms with van der Waals surface area (Å²) >= 11 is 0. The van der Waals surface area contributed by atoms with Gasteiger partial charge in [0.1, 0.15) is 0 Å². The number of alkyl halides is 1. The van der Waals surface area contributed by atoms with Gasteiger partial charge in [0.25, 0.3) is 0 Å². The van der Waals surface area contributed by atoms with Gasteiger partial charge in [-0.2, -0.15) is 0 Å². The number of nitrogens with two attached hydrogens (primary N) is 1. The van der Waals surface area contributed by atoms with Gasteiger partial charge in [-0.1, -0.05) is 13.5 Å². The Bertz CT molecular complexity index is 127. The van der Waals surface area contributed by atoms with Gasteiger partial charge in [-0.3, -0.25) is 4.39 Å². The summed E-state index contributed by atoms with van der Waals surface area (Å²) in [5.74, 6) is 0. The predicted molar refractivity (Wildman–Crippen MR) is 39.1 cm³/mol. The first-order valence-corrected chi connectivity index (χ1v) is 3.18. The molecule has 0 aromatic rings. The molecule has 1 atom stereocenters. The molecule has 0 aliphatic heterocycles. The van der Waals surface area contributed by atoms with Gasteiger partial charge in [-0.15, -0.1) is 0 Å². The van der Waals surface area contributed by atoms with Crippen molar-refractivity contribution < 1.29 is 9.50 Å². The minimum atomic E-state index is -0.644. The average Bonchev–Trinajstić information content (AvgIpc) is 1.88. The fraction of sp³-hybridized carbons (Fsp3) is 0.714. The molecule has 60 valence electrons. The first kappa shape index (κ1) is 9.43. The first-order chi connectivity index (χ1) is 4.56. The van der Waals surface area contributed by atoms with Crippen molar-refractivity contribution >= 4 is 0 Å². The first-order valence-electron chi connectivity index (χ1n) is 3.18. The summed E-state index contributed by atoms with van der Waals surface area (Å²) in [4.78, 5) is 0. The van der Waals surface area contributed by atoms with Gasteiger partial charge in [0.15, 0.2) is 0 Å². The van der Waals surface area contributed by atoms with E-state index in [-0.39, 0.29) is 13.0 Å². The van der Waals surface area contributed by atoms with Crippen LogP contribution in [0.4, 0.5) is 4.39 Å². The van der Waals surface area contributed by atoms with Crippen LogP contribution in [0.15, 0.2) is 12.3 Å². The molecule has 10 heavy (non-hydrogen) atoms. The highest BCUT2D eigenvalue weighted by Crippen LogP contribution is 2.25. The lowest BCUT2D eigenvalue weighted by Gasteiger charge is -2.25. The average molecular weight is 147 g/mol. The van der Waals surface area contributed by atoms with Gasteiger partial charge in [0.05, 0.1) is 13.3 Å². The molecule has 3 N–H and O–H groups in total. The monoisotopic (exact) mass is 147 g/mol. The van der Waals surface area contributed by atoms with E-state index in [1.165, 1.54) is 0 Å². The van der Waals surface area contributed by atoms with E-state index in [0.717, 1.165) is 0 Å². The molecule has 0 aromatic heterocycles. The summed E-state index contributed by atoms with van der Waals surface area (Å²) in [5, 5.41) is 8.78. The summed E-state index contributed by atoms with van der Waals surface area (Å²) in [6.07, 6.45) is 0.235. The minimum absolute atomic E-state index is 0.147. The number of rotatable bonds is 4. The summed E-state index contributed by atoms with van der Waals surface area (Å²) in [7, 11) is 0. The Morgan fingerprint density at radius 1 is 1.80 bits per heavy atom. The lowest BCUT2D eigenvalue weighted by molar-refractivity contribution is 0.154. The van der Waals surface area contributed by atoms with Crippen LogP contribution in [0.5, 0.6) is 0 Å². The molecule has 0 aliphatic rings. The molecular weight excluding hydrogens is 133 g/mol. The smallest absolute Gasteiger partial charge is 0.0904 e. The topological polar surface area (TPSA) is 46.2 Å². The van der Waals surface area contributed by atoms with E-state index in [1.54, 1.807) is 6.92 Å². The Labute approximate surface area is 60.5 Å². The van der Waals surface area contributed by atoms with Crippen LogP contribution in [-0.2, 0) is 0 Å². The van der Waals surface area contributed by atoms with Crippen molar-refractivity contribution in [2.24, 2.45) is 11.1 Å². The van der Waals surface area contributed by atoms with E-state index in [0.29, 0.717) is 5.70 Å². The molecule has 0 saturated carbocycles. The third-order valence-corrected chi connectivity index (χ3v) is 1.77. The highest BCUT2D eigenvalue weighted by atomic mass is 19.1. The second kappa shape index (κ2) is 3.56. The summed E-state index contributed by atoms with van der Waals surface area (Å²) < 4.78 is 11.8. The number of aliphatic hydroxyl groups excluding tert-OH is 1. The molecule has 0 radical (unpaired) electrons. The number of hydrogen-bond donors (Lipinski definition) is 2. The van der Waals surface area contributed by atoms with Gasteiger partial charge in [0, 0.05) is 11.1 Å². The molecule has 0 bridgehead atoms. The molecule has 0 heterocycles. The summed E-state index contributed by atoms with van der Waals surface area (Å²) in [5.41, 5.74) is 5.04. The lowest BCUT2D eigenvalue weighted by Crippen LogP contribution is -2.28. The van der Waals surface area contributed by atoms with Crippen LogP contribution >= 0.6 is 0 Å². The highest BCUT2D eigenvalue weighted by molar-refractivity contribution is 5.03. The van der Waals surface area contributed by atoms with Gasteiger partial charge >= 0.3 is 0 Å². The van der Waals surface area contributed by atoms with Gasteiger partial charge in [0.2, 0.25) is 0 Å². The zero-order chi connectivity index (χ0) is 8.20. The van der Waals surface area contributed by atoms with E-state index < -0.39 is 12.1 Å². The van der Waals surface area contributed by atoms with Crippen LogP contribution in [-0.4, -0.2) is 18.4 Å². The second-order valence-electron chi connectivity index (χ2n) is 2.68. The molecule has 0 saturated heterocycles. The van der Waals surface area contributed by atoms with Crippen LogP contribution in [0.1, 0.15) is 13.3 Å². The Morgan fingerprint density at radius 3 is 2.40 bits per heavy atom. The molecule has 2 nitrogen and oxygen atoms in total. The maximum Gasteiger partial charge on any atom is 0.0904 e. The summed E-state index contributed by atoms with van der Waals surface area (Å²) in [6, 6.07) is 0. The van der Waals surface area contributed by atoms with E-state index in [1.807, 2.05) is 0 Å². The van der Waals surface area contributed by atoms with Crippen LogP contribution in [0.3, 0.4) is 0 Å². The number of halogens is 1. The third kappa shape index (κ3) is 1.99. The largest absolute Gasteiger partial charge is 0.402 e. The SMILES string of the molecule is C=C(N)C(C)(CO)CCF. The maximum absolute atomic E-state index is 11.8. The van der Waals surface area contributed by atoms with Crippen molar-refractivity contribution in [2.75, 3.05) is 13.3 Å². The lowest BCUT2D eigenvalue weighted by atomic mass is 9.85. The van der Waals surface area contributed by atoms with Gasteiger partial charge in [-0.25, -0.2) is 0 Å². The zero-order valence-corrected chi connectivity index (χ0v) is 6.23. The Morgan fingerprint density at radius 2 is 2.30 bits per heavy atom. The van der Waals surface area contributed by atoms with E-state index in [2.05, 4.69) is 6.58 Å². The normalized spacial score (nSPS) is 16.3. The molecule has 0 aliphatic carbocycles. The van der Waals surface area contributed by atoms with E-state index >= 15 is 0 Å². The molecule has 1 unspecified atom stereocenters. The molecule has 0 amide bonds. The molecule has 0 spiro atoms. The number of aliphatic hydroxyl groups is 1.